The van der Waals surface area contributed by atoms with Gasteiger partial charge in [-0.15, -0.1) is 0 Å². The molecule has 0 aliphatic heterocycles. The molecule has 6 nitrogen and oxygen atoms in total. The van der Waals surface area contributed by atoms with E-state index in [1.54, 1.807) is 30.5 Å². The average molecular weight is 368 g/mol. The van der Waals surface area contributed by atoms with Gasteiger partial charge in [0.05, 0.1) is 11.2 Å². The van der Waals surface area contributed by atoms with Crippen molar-refractivity contribution in [2.24, 2.45) is 0 Å². The number of fused-ring (bicyclic) bond motifs is 1. The Balaban J connectivity index is 1.55. The van der Waals surface area contributed by atoms with Crippen molar-refractivity contribution >= 4 is 34.1 Å². The third kappa shape index (κ3) is 3.71. The third-order valence-corrected chi connectivity index (χ3v) is 4.17. The van der Waals surface area contributed by atoms with Gasteiger partial charge >= 0.3 is 0 Å². The summed E-state index contributed by atoms with van der Waals surface area (Å²) in [7, 11) is 0. The number of nitrogens with one attached hydrogen (secondary N) is 2. The molecule has 2 amide bonds. The second kappa shape index (κ2) is 7.67. The highest BCUT2D eigenvalue weighted by molar-refractivity contribution is 6.10. The number of para-hydroxylation sites is 2. The van der Waals surface area contributed by atoms with Gasteiger partial charge in [-0.1, -0.05) is 36.4 Å². The standard InChI is InChI=1S/C22H16N4O2/c27-21(26-18-10-4-6-15-7-5-12-24-20(15)18)16-11-13-23-19(14-16)22(28)25-17-8-2-1-3-9-17/h1-14H,(H,25,28)(H,26,27). The average Bonchev–Trinajstić information content (AvgIpc) is 2.75. The van der Waals surface area contributed by atoms with Gasteiger partial charge in [-0.05, 0) is 36.4 Å². The molecule has 0 bridgehead atoms. The Kier molecular flexibility index (Phi) is 4.76. The van der Waals surface area contributed by atoms with Crippen LogP contribution in [0.15, 0.2) is 85.2 Å². The Morgan fingerprint density at radius 2 is 1.54 bits per heavy atom. The van der Waals surface area contributed by atoms with Crippen molar-refractivity contribution in [1.82, 2.24) is 9.97 Å². The Hall–Kier alpha value is -4.06. The molecule has 0 atom stereocenters. The van der Waals surface area contributed by atoms with Crippen LogP contribution in [-0.4, -0.2) is 21.8 Å². The van der Waals surface area contributed by atoms with E-state index in [2.05, 4.69) is 20.6 Å². The molecule has 0 unspecified atom stereocenters. The monoisotopic (exact) mass is 368 g/mol. The van der Waals surface area contributed by atoms with Gasteiger partial charge in [0, 0.05) is 29.0 Å². The maximum atomic E-state index is 12.7. The van der Waals surface area contributed by atoms with Crippen molar-refractivity contribution in [3.8, 4) is 0 Å². The van der Waals surface area contributed by atoms with Gasteiger partial charge in [-0.3, -0.25) is 19.6 Å². The summed E-state index contributed by atoms with van der Waals surface area (Å²) in [5.74, 6) is -0.720. The van der Waals surface area contributed by atoms with Crippen molar-refractivity contribution < 1.29 is 9.59 Å². The van der Waals surface area contributed by atoms with Gasteiger partial charge < -0.3 is 10.6 Å². The summed E-state index contributed by atoms with van der Waals surface area (Å²) in [6.07, 6.45) is 3.12. The fourth-order valence-corrected chi connectivity index (χ4v) is 2.81. The number of amides is 2. The van der Waals surface area contributed by atoms with Crippen molar-refractivity contribution in [1.29, 1.82) is 0 Å². The summed E-state index contributed by atoms with van der Waals surface area (Å²) in [5.41, 5.74) is 2.46. The number of carbonyl (C=O) groups excluding carboxylic acids is 2. The zero-order valence-corrected chi connectivity index (χ0v) is 14.8. The summed E-state index contributed by atoms with van der Waals surface area (Å²) >= 11 is 0. The highest BCUT2D eigenvalue weighted by Crippen LogP contribution is 2.21. The Labute approximate surface area is 161 Å². The van der Waals surface area contributed by atoms with Gasteiger partial charge in [0.2, 0.25) is 0 Å². The van der Waals surface area contributed by atoms with E-state index in [0.29, 0.717) is 22.5 Å². The molecule has 0 fully saturated rings. The Morgan fingerprint density at radius 1 is 0.714 bits per heavy atom. The van der Waals surface area contributed by atoms with Crippen LogP contribution in [0.3, 0.4) is 0 Å². The van der Waals surface area contributed by atoms with Crippen LogP contribution in [-0.2, 0) is 0 Å². The number of carbonyl (C=O) groups is 2. The summed E-state index contributed by atoms with van der Waals surface area (Å²) in [6, 6.07) is 21.4. The molecule has 2 heterocycles. The zero-order chi connectivity index (χ0) is 19.3. The minimum Gasteiger partial charge on any atom is -0.321 e. The number of rotatable bonds is 4. The lowest BCUT2D eigenvalue weighted by Crippen LogP contribution is -2.17. The van der Waals surface area contributed by atoms with Crippen LogP contribution >= 0.6 is 0 Å². The third-order valence-electron chi connectivity index (χ3n) is 4.17. The molecule has 0 radical (unpaired) electrons. The van der Waals surface area contributed by atoms with Crippen LogP contribution < -0.4 is 10.6 Å². The maximum Gasteiger partial charge on any atom is 0.274 e. The molecule has 4 rings (SSSR count). The predicted molar refractivity (Wildman–Crippen MR) is 108 cm³/mol. The molecule has 2 aromatic heterocycles. The summed E-state index contributed by atoms with van der Waals surface area (Å²) < 4.78 is 0. The van der Waals surface area contributed by atoms with Crippen LogP contribution in [0, 0.1) is 0 Å². The lowest BCUT2D eigenvalue weighted by Gasteiger charge is -2.09. The minimum absolute atomic E-state index is 0.160. The van der Waals surface area contributed by atoms with E-state index in [1.807, 2.05) is 42.5 Å². The topological polar surface area (TPSA) is 84.0 Å². The molecule has 2 aromatic carbocycles. The fraction of sp³-hybridized carbons (Fsp3) is 0. The van der Waals surface area contributed by atoms with Gasteiger partial charge in [0.15, 0.2) is 0 Å². The Bertz CT molecular complexity index is 1150. The van der Waals surface area contributed by atoms with Gasteiger partial charge in [0.25, 0.3) is 11.8 Å². The highest BCUT2D eigenvalue weighted by Gasteiger charge is 2.13. The molecule has 136 valence electrons. The lowest BCUT2D eigenvalue weighted by atomic mass is 10.1. The molecule has 0 aliphatic carbocycles. The summed E-state index contributed by atoms with van der Waals surface area (Å²) in [6.45, 7) is 0. The van der Waals surface area contributed by atoms with Crippen molar-refractivity contribution in [3.05, 3.63) is 96.4 Å². The molecule has 0 saturated heterocycles. The number of hydrogen-bond acceptors (Lipinski definition) is 4. The molecule has 28 heavy (non-hydrogen) atoms. The first-order valence-corrected chi connectivity index (χ1v) is 8.68. The summed E-state index contributed by atoms with van der Waals surface area (Å²) in [4.78, 5) is 33.5. The van der Waals surface area contributed by atoms with Crippen molar-refractivity contribution in [2.45, 2.75) is 0 Å². The van der Waals surface area contributed by atoms with Gasteiger partial charge in [-0.25, -0.2) is 0 Å². The van der Waals surface area contributed by atoms with E-state index in [1.165, 1.54) is 12.3 Å². The fourth-order valence-electron chi connectivity index (χ4n) is 2.81. The number of anilines is 2. The van der Waals surface area contributed by atoms with E-state index in [-0.39, 0.29) is 17.5 Å². The molecule has 0 aliphatic rings. The highest BCUT2D eigenvalue weighted by atomic mass is 16.2. The van der Waals surface area contributed by atoms with Crippen molar-refractivity contribution in [3.63, 3.8) is 0 Å². The number of hydrogen-bond donors (Lipinski definition) is 2. The van der Waals surface area contributed by atoms with Crippen LogP contribution in [0.4, 0.5) is 11.4 Å². The summed E-state index contributed by atoms with van der Waals surface area (Å²) in [5, 5.41) is 6.54. The normalized spacial score (nSPS) is 10.4. The number of nitrogens with zero attached hydrogens (tertiary/aromatic N) is 2. The van der Waals surface area contributed by atoms with E-state index < -0.39 is 0 Å². The molecule has 0 saturated carbocycles. The van der Waals surface area contributed by atoms with E-state index in [0.717, 1.165) is 5.39 Å². The SMILES string of the molecule is O=C(Nc1cccc2cccnc12)c1ccnc(C(=O)Nc2ccccc2)c1. The molecular formula is C22H16N4O2. The lowest BCUT2D eigenvalue weighted by molar-refractivity contribution is 0.102. The van der Waals surface area contributed by atoms with E-state index >= 15 is 0 Å². The van der Waals surface area contributed by atoms with Gasteiger partial charge in [0.1, 0.15) is 5.69 Å². The predicted octanol–water partition coefficient (Wildman–Crippen LogP) is 4.13. The van der Waals surface area contributed by atoms with Crippen molar-refractivity contribution in [2.75, 3.05) is 10.6 Å². The van der Waals surface area contributed by atoms with Crippen LogP contribution in [0.25, 0.3) is 10.9 Å². The minimum atomic E-state index is -0.382. The van der Waals surface area contributed by atoms with E-state index in [4.69, 9.17) is 0 Å². The largest absolute Gasteiger partial charge is 0.321 e. The van der Waals surface area contributed by atoms with Gasteiger partial charge in [-0.2, -0.15) is 0 Å². The Morgan fingerprint density at radius 3 is 2.39 bits per heavy atom. The first-order chi connectivity index (χ1) is 13.7. The molecule has 2 N–H and O–H groups in total. The first-order valence-electron chi connectivity index (χ1n) is 8.68. The maximum absolute atomic E-state index is 12.7. The zero-order valence-electron chi connectivity index (χ0n) is 14.8. The van der Waals surface area contributed by atoms with Crippen LogP contribution in [0.5, 0.6) is 0 Å². The number of benzene rings is 2. The first kappa shape index (κ1) is 17.4. The number of pyridine rings is 2. The second-order valence-corrected chi connectivity index (χ2v) is 6.08. The number of aromatic nitrogens is 2. The quantitative estimate of drug-likeness (QED) is 0.567. The molecule has 6 heteroatoms. The van der Waals surface area contributed by atoms with Crippen LogP contribution in [0.1, 0.15) is 20.8 Å². The molecule has 4 aromatic rings. The molecular weight excluding hydrogens is 352 g/mol. The van der Waals surface area contributed by atoms with E-state index in [9.17, 15) is 9.59 Å². The smallest absolute Gasteiger partial charge is 0.274 e. The second-order valence-electron chi connectivity index (χ2n) is 6.08. The molecule has 0 spiro atoms. The van der Waals surface area contributed by atoms with Crippen LogP contribution in [0.2, 0.25) is 0 Å².